The molecule has 2 aliphatic rings. The molecule has 1 heterocycles. The molecule has 1 saturated heterocycles. The van der Waals surface area contributed by atoms with E-state index in [9.17, 15) is 20.1 Å². The fourth-order valence-electron chi connectivity index (χ4n) is 3.29. The minimum absolute atomic E-state index is 0.00403. The minimum atomic E-state index is -1.32. The molecule has 2 rings (SSSR count). The maximum atomic E-state index is 11.1. The van der Waals surface area contributed by atoms with E-state index in [-0.39, 0.29) is 11.8 Å². The number of hydrogen-bond donors (Lipinski definition) is 5. The van der Waals surface area contributed by atoms with Crippen LogP contribution >= 0.6 is 11.8 Å². The number of nitrogens with two attached hydrogens (primary N) is 1. The van der Waals surface area contributed by atoms with Crippen molar-refractivity contribution in [3.63, 3.8) is 0 Å². The van der Waals surface area contributed by atoms with Gasteiger partial charge in [0.25, 0.3) is 0 Å². The maximum absolute atomic E-state index is 11.1. The van der Waals surface area contributed by atoms with Crippen molar-refractivity contribution < 1.29 is 30.0 Å². The van der Waals surface area contributed by atoms with Gasteiger partial charge in [-0.15, -0.1) is 11.8 Å². The zero-order chi connectivity index (χ0) is 17.0. The number of aliphatic hydroxyl groups excluding tert-OH is 4. The fraction of sp³-hybridized carbons (Fsp3) is 0.933. The smallest absolute Gasteiger partial charge is 0.220 e. The van der Waals surface area contributed by atoms with Crippen molar-refractivity contribution >= 4 is 17.7 Å². The molecule has 23 heavy (non-hydrogen) atoms. The number of aliphatic hydroxyl groups is 4. The molecule has 1 aliphatic heterocycles. The molecule has 2 fully saturated rings. The maximum Gasteiger partial charge on any atom is 0.220 e. The number of carbonyl (C=O) groups excluding carboxylic acids is 1. The Bertz CT molecular complexity index is 388. The quantitative estimate of drug-likeness (QED) is 0.424. The van der Waals surface area contributed by atoms with Gasteiger partial charge < -0.3 is 30.9 Å². The molecule has 8 heteroatoms. The summed E-state index contributed by atoms with van der Waals surface area (Å²) in [5, 5.41) is 38.6. The summed E-state index contributed by atoms with van der Waals surface area (Å²) in [7, 11) is 0. The summed E-state index contributed by atoms with van der Waals surface area (Å²) in [4.78, 5) is 11.1. The lowest BCUT2D eigenvalue weighted by Gasteiger charge is -2.39. The molecule has 6 N–H and O–H groups in total. The van der Waals surface area contributed by atoms with Gasteiger partial charge in [-0.3, -0.25) is 4.79 Å². The summed E-state index contributed by atoms with van der Waals surface area (Å²) in [5.41, 5.74) is 4.66. The predicted octanol–water partition coefficient (Wildman–Crippen LogP) is -0.799. The normalized spacial score (nSPS) is 41.7. The molecular weight excluding hydrogens is 322 g/mol. The van der Waals surface area contributed by atoms with Crippen molar-refractivity contribution in [3.8, 4) is 0 Å². The monoisotopic (exact) mass is 349 g/mol. The van der Waals surface area contributed by atoms with Crippen LogP contribution in [0, 0.1) is 11.8 Å². The summed E-state index contributed by atoms with van der Waals surface area (Å²) >= 11 is 1.39. The summed E-state index contributed by atoms with van der Waals surface area (Å²) < 4.78 is 5.46. The molecule has 1 amide bonds. The zero-order valence-corrected chi connectivity index (χ0v) is 13.9. The van der Waals surface area contributed by atoms with Gasteiger partial charge in [0.15, 0.2) is 0 Å². The first-order valence-electron chi connectivity index (χ1n) is 8.15. The second kappa shape index (κ2) is 8.64. The summed E-state index contributed by atoms with van der Waals surface area (Å²) in [6, 6.07) is 0. The van der Waals surface area contributed by atoms with Crippen LogP contribution in [0.15, 0.2) is 0 Å². The highest BCUT2D eigenvalue weighted by atomic mass is 32.2. The lowest BCUT2D eigenvalue weighted by Crippen LogP contribution is -2.57. The number of rotatable bonds is 6. The number of amides is 1. The highest BCUT2D eigenvalue weighted by Gasteiger charge is 2.43. The Balaban J connectivity index is 1.72. The average Bonchev–Trinajstić information content (AvgIpc) is 2.55. The SMILES string of the molecule is NC(=O)C1CCC(CCSC2OC(CO)C(O)C(O)C2O)CC1. The van der Waals surface area contributed by atoms with Crippen molar-refractivity contribution in [2.24, 2.45) is 17.6 Å². The van der Waals surface area contributed by atoms with Crippen LogP contribution in [0.2, 0.25) is 0 Å². The number of ether oxygens (including phenoxy) is 1. The van der Waals surface area contributed by atoms with Crippen LogP contribution in [0.5, 0.6) is 0 Å². The summed E-state index contributed by atoms with van der Waals surface area (Å²) in [5.74, 6) is 1.07. The molecule has 1 saturated carbocycles. The molecule has 1 aliphatic carbocycles. The van der Waals surface area contributed by atoms with E-state index in [0.29, 0.717) is 5.92 Å². The van der Waals surface area contributed by atoms with E-state index in [1.54, 1.807) is 0 Å². The van der Waals surface area contributed by atoms with Crippen LogP contribution in [-0.2, 0) is 9.53 Å². The van der Waals surface area contributed by atoms with E-state index in [0.717, 1.165) is 37.9 Å². The second-order valence-corrected chi connectivity index (χ2v) is 7.68. The summed E-state index contributed by atoms with van der Waals surface area (Å²) in [6.07, 6.45) is -0.0904. The lowest BCUT2D eigenvalue weighted by atomic mass is 9.80. The van der Waals surface area contributed by atoms with Gasteiger partial charge in [0.2, 0.25) is 5.91 Å². The molecule has 7 nitrogen and oxygen atoms in total. The van der Waals surface area contributed by atoms with Crippen LogP contribution < -0.4 is 5.73 Å². The Morgan fingerprint density at radius 3 is 2.30 bits per heavy atom. The highest BCUT2D eigenvalue weighted by molar-refractivity contribution is 7.99. The Morgan fingerprint density at radius 2 is 1.74 bits per heavy atom. The van der Waals surface area contributed by atoms with Crippen LogP contribution in [0.3, 0.4) is 0 Å². The zero-order valence-electron chi connectivity index (χ0n) is 13.1. The van der Waals surface area contributed by atoms with Gasteiger partial charge in [0.1, 0.15) is 29.9 Å². The fourth-order valence-corrected chi connectivity index (χ4v) is 4.57. The average molecular weight is 349 g/mol. The Kier molecular flexibility index (Phi) is 7.12. The van der Waals surface area contributed by atoms with Crippen molar-refractivity contribution in [2.75, 3.05) is 12.4 Å². The molecule has 5 atom stereocenters. The van der Waals surface area contributed by atoms with E-state index < -0.39 is 36.5 Å². The molecule has 134 valence electrons. The Labute approximate surface area is 140 Å². The Morgan fingerprint density at radius 1 is 1.09 bits per heavy atom. The van der Waals surface area contributed by atoms with Gasteiger partial charge in [-0.1, -0.05) is 0 Å². The first-order chi connectivity index (χ1) is 10.9. The standard InChI is InChI=1S/C15H27NO6S/c16-14(21)9-3-1-8(2-4-9)5-6-23-15-13(20)12(19)11(18)10(7-17)22-15/h8-13,15,17-20H,1-7H2,(H2,16,21). The van der Waals surface area contributed by atoms with Crippen LogP contribution in [0.1, 0.15) is 32.1 Å². The third kappa shape index (κ3) is 4.80. The molecule has 0 spiro atoms. The van der Waals surface area contributed by atoms with Gasteiger partial charge >= 0.3 is 0 Å². The molecule has 0 aromatic heterocycles. The number of thioether (sulfide) groups is 1. The number of carbonyl (C=O) groups is 1. The van der Waals surface area contributed by atoms with Gasteiger partial charge in [0, 0.05) is 5.92 Å². The van der Waals surface area contributed by atoms with Crippen molar-refractivity contribution in [3.05, 3.63) is 0 Å². The summed E-state index contributed by atoms with van der Waals surface area (Å²) in [6.45, 7) is -0.404. The van der Waals surface area contributed by atoms with Crippen molar-refractivity contribution in [2.45, 2.75) is 62.0 Å². The van der Waals surface area contributed by atoms with E-state index >= 15 is 0 Å². The predicted molar refractivity (Wildman–Crippen MR) is 85.5 cm³/mol. The van der Waals surface area contributed by atoms with E-state index in [1.165, 1.54) is 11.8 Å². The largest absolute Gasteiger partial charge is 0.394 e. The van der Waals surface area contributed by atoms with Gasteiger partial charge in [-0.2, -0.15) is 0 Å². The molecule has 0 bridgehead atoms. The van der Waals surface area contributed by atoms with Gasteiger partial charge in [-0.05, 0) is 43.8 Å². The Hall–Kier alpha value is -0.380. The van der Waals surface area contributed by atoms with E-state index in [1.807, 2.05) is 0 Å². The number of primary amides is 1. The first kappa shape index (κ1) is 19.0. The lowest BCUT2D eigenvalue weighted by molar-refractivity contribution is -0.205. The van der Waals surface area contributed by atoms with E-state index in [4.69, 9.17) is 15.6 Å². The van der Waals surface area contributed by atoms with Crippen molar-refractivity contribution in [1.82, 2.24) is 0 Å². The van der Waals surface area contributed by atoms with Gasteiger partial charge in [-0.25, -0.2) is 0 Å². The first-order valence-corrected chi connectivity index (χ1v) is 9.20. The van der Waals surface area contributed by atoms with Gasteiger partial charge in [0.05, 0.1) is 6.61 Å². The third-order valence-electron chi connectivity index (χ3n) is 4.91. The van der Waals surface area contributed by atoms with Crippen LogP contribution in [0.4, 0.5) is 0 Å². The molecular formula is C15H27NO6S. The molecule has 0 radical (unpaired) electrons. The second-order valence-electron chi connectivity index (χ2n) is 6.48. The van der Waals surface area contributed by atoms with E-state index in [2.05, 4.69) is 0 Å². The van der Waals surface area contributed by atoms with Crippen molar-refractivity contribution in [1.29, 1.82) is 0 Å². The minimum Gasteiger partial charge on any atom is -0.394 e. The topological polar surface area (TPSA) is 133 Å². The molecule has 0 aromatic rings. The third-order valence-corrected chi connectivity index (χ3v) is 6.10. The number of hydrogen-bond acceptors (Lipinski definition) is 7. The highest BCUT2D eigenvalue weighted by Crippen LogP contribution is 2.34. The molecule has 0 aromatic carbocycles. The van der Waals surface area contributed by atoms with Crippen LogP contribution in [-0.4, -0.2) is 68.5 Å². The molecule has 5 unspecified atom stereocenters. The van der Waals surface area contributed by atoms with Crippen LogP contribution in [0.25, 0.3) is 0 Å².